The topological polar surface area (TPSA) is 58.6 Å². The van der Waals surface area contributed by atoms with Crippen molar-refractivity contribution >= 4 is 23.6 Å². The van der Waals surface area contributed by atoms with Crippen LogP contribution in [0, 0.1) is 5.92 Å². The molecule has 0 bridgehead atoms. The molecule has 1 aromatic rings. The fraction of sp³-hybridized carbons (Fsp3) is 0.579. The van der Waals surface area contributed by atoms with Gasteiger partial charge in [0, 0.05) is 11.9 Å². The second-order valence-electron chi connectivity index (χ2n) is 7.16. The molecule has 1 aliphatic heterocycles. The van der Waals surface area contributed by atoms with Gasteiger partial charge in [0.15, 0.2) is 0 Å². The largest absolute Gasteiger partial charge is 0.447 e. The Balaban J connectivity index is 2.10. The summed E-state index contributed by atoms with van der Waals surface area (Å²) in [5, 5.41) is 2.45. The average Bonchev–Trinajstić information content (AvgIpc) is 3.02. The zero-order valence-corrected chi connectivity index (χ0v) is 16.5. The SMILES string of the molecule is CC(C)[C@H]1COC(=O)N1C(=O)C[C@H](N[C@H](CCl)Cc1ccccc1)C(F)(F)F. The van der Waals surface area contributed by atoms with E-state index in [0.717, 1.165) is 10.5 Å². The zero-order chi connectivity index (χ0) is 20.9. The van der Waals surface area contributed by atoms with Gasteiger partial charge in [0.25, 0.3) is 0 Å². The van der Waals surface area contributed by atoms with Crippen LogP contribution < -0.4 is 5.32 Å². The molecule has 0 spiro atoms. The van der Waals surface area contributed by atoms with Gasteiger partial charge in [-0.2, -0.15) is 13.2 Å². The maximum atomic E-state index is 13.6. The van der Waals surface area contributed by atoms with Crippen molar-refractivity contribution in [3.63, 3.8) is 0 Å². The quantitative estimate of drug-likeness (QED) is 0.651. The maximum Gasteiger partial charge on any atom is 0.416 e. The lowest BCUT2D eigenvalue weighted by Crippen LogP contribution is -2.52. The lowest BCUT2D eigenvalue weighted by atomic mass is 10.0. The van der Waals surface area contributed by atoms with Crippen molar-refractivity contribution in [1.29, 1.82) is 0 Å². The molecule has 0 radical (unpaired) electrons. The van der Waals surface area contributed by atoms with Gasteiger partial charge in [0.1, 0.15) is 12.6 Å². The fourth-order valence-electron chi connectivity index (χ4n) is 3.10. The van der Waals surface area contributed by atoms with Crippen molar-refractivity contribution in [3.05, 3.63) is 35.9 Å². The number of alkyl halides is 4. The number of imide groups is 1. The van der Waals surface area contributed by atoms with E-state index in [9.17, 15) is 22.8 Å². The number of cyclic esters (lactones) is 1. The Kier molecular flexibility index (Phi) is 7.71. The predicted molar refractivity (Wildman–Crippen MR) is 99.1 cm³/mol. The second-order valence-corrected chi connectivity index (χ2v) is 7.47. The van der Waals surface area contributed by atoms with Gasteiger partial charge in [-0.15, -0.1) is 11.6 Å². The van der Waals surface area contributed by atoms with Gasteiger partial charge in [0.05, 0.1) is 12.5 Å². The number of halogens is 4. The first-order valence-corrected chi connectivity index (χ1v) is 9.58. The van der Waals surface area contributed by atoms with Crippen LogP contribution in [0.15, 0.2) is 30.3 Å². The Morgan fingerprint density at radius 3 is 2.50 bits per heavy atom. The third-order valence-electron chi connectivity index (χ3n) is 4.67. The summed E-state index contributed by atoms with van der Waals surface area (Å²) in [5.74, 6) is -1.10. The smallest absolute Gasteiger partial charge is 0.416 e. The average molecular weight is 421 g/mol. The first-order valence-electron chi connectivity index (χ1n) is 9.05. The van der Waals surface area contributed by atoms with Gasteiger partial charge < -0.3 is 10.1 Å². The van der Waals surface area contributed by atoms with Crippen molar-refractivity contribution in [2.24, 2.45) is 5.92 Å². The Hall–Kier alpha value is -1.80. The Labute approximate surface area is 167 Å². The minimum absolute atomic E-state index is 0.00926. The first kappa shape index (κ1) is 22.5. The highest BCUT2D eigenvalue weighted by atomic mass is 35.5. The van der Waals surface area contributed by atoms with Crippen LogP contribution in [0.1, 0.15) is 25.8 Å². The Morgan fingerprint density at radius 1 is 1.32 bits per heavy atom. The number of nitrogens with zero attached hydrogens (tertiary/aromatic N) is 1. The Bertz CT molecular complexity index is 670. The van der Waals surface area contributed by atoms with Crippen LogP contribution in [0.3, 0.4) is 0 Å². The molecule has 2 amide bonds. The lowest BCUT2D eigenvalue weighted by molar-refractivity contribution is -0.165. The summed E-state index contributed by atoms with van der Waals surface area (Å²) in [4.78, 5) is 25.2. The highest BCUT2D eigenvalue weighted by Gasteiger charge is 2.46. The summed E-state index contributed by atoms with van der Waals surface area (Å²) in [6.07, 6.45) is -6.19. The van der Waals surface area contributed by atoms with Gasteiger partial charge in [0.2, 0.25) is 5.91 Å². The third kappa shape index (κ3) is 5.85. The van der Waals surface area contributed by atoms with E-state index in [1.165, 1.54) is 0 Å². The predicted octanol–water partition coefficient (Wildman–Crippen LogP) is 3.75. The van der Waals surface area contributed by atoms with Gasteiger partial charge in [-0.3, -0.25) is 4.79 Å². The van der Waals surface area contributed by atoms with Crippen molar-refractivity contribution in [2.75, 3.05) is 12.5 Å². The summed E-state index contributed by atoms with van der Waals surface area (Å²) in [7, 11) is 0. The van der Waals surface area contributed by atoms with Crippen molar-refractivity contribution in [2.45, 2.75) is 51.0 Å². The molecule has 1 aromatic carbocycles. The second kappa shape index (κ2) is 9.60. The molecule has 2 rings (SSSR count). The molecule has 1 N–H and O–H groups in total. The van der Waals surface area contributed by atoms with Crippen LogP contribution in [-0.2, 0) is 16.0 Å². The van der Waals surface area contributed by atoms with Crippen molar-refractivity contribution in [3.8, 4) is 0 Å². The molecular formula is C19H24ClF3N2O3. The number of nitrogens with one attached hydrogen (secondary N) is 1. The van der Waals surface area contributed by atoms with Crippen LogP contribution in [0.5, 0.6) is 0 Å². The van der Waals surface area contributed by atoms with E-state index in [1.54, 1.807) is 38.1 Å². The molecule has 0 aliphatic carbocycles. The van der Waals surface area contributed by atoms with Crippen LogP contribution in [0.4, 0.5) is 18.0 Å². The van der Waals surface area contributed by atoms with E-state index in [1.807, 2.05) is 6.07 Å². The number of rotatable bonds is 8. The number of ether oxygens (including phenoxy) is 1. The van der Waals surface area contributed by atoms with E-state index in [-0.39, 0.29) is 24.8 Å². The number of amides is 2. The monoisotopic (exact) mass is 420 g/mol. The standard InChI is InChI=1S/C19H24ClF3N2O3/c1-12(2)15-11-28-18(27)25(15)17(26)9-16(19(21,22)23)24-14(10-20)8-13-6-4-3-5-7-13/h3-7,12,14-16,24H,8-11H2,1-2H3/t14-,15+,16-/m0/s1. The molecule has 1 aliphatic rings. The normalized spacial score (nSPS) is 19.6. The number of carbonyl (C=O) groups is 2. The molecule has 5 nitrogen and oxygen atoms in total. The molecule has 0 aromatic heterocycles. The van der Waals surface area contributed by atoms with Gasteiger partial charge in [-0.25, -0.2) is 9.69 Å². The zero-order valence-electron chi connectivity index (χ0n) is 15.7. The van der Waals surface area contributed by atoms with E-state index < -0.39 is 42.7 Å². The summed E-state index contributed by atoms with van der Waals surface area (Å²) in [6, 6.07) is 5.60. The molecule has 0 saturated carbocycles. The molecule has 1 heterocycles. The summed E-state index contributed by atoms with van der Waals surface area (Å²) >= 11 is 5.86. The number of carbonyl (C=O) groups excluding carboxylic acids is 2. The highest BCUT2D eigenvalue weighted by Crippen LogP contribution is 2.27. The van der Waals surface area contributed by atoms with Crippen LogP contribution in [0.2, 0.25) is 0 Å². The molecule has 156 valence electrons. The van der Waals surface area contributed by atoms with Gasteiger partial charge >= 0.3 is 12.3 Å². The molecule has 1 fully saturated rings. The number of hydrogen-bond donors (Lipinski definition) is 1. The minimum atomic E-state index is -4.67. The fourth-order valence-corrected chi connectivity index (χ4v) is 3.29. The summed E-state index contributed by atoms with van der Waals surface area (Å²) < 4.78 is 45.5. The maximum absolute atomic E-state index is 13.6. The van der Waals surface area contributed by atoms with Crippen molar-refractivity contribution < 1.29 is 27.5 Å². The molecule has 9 heteroatoms. The number of benzene rings is 1. The van der Waals surface area contributed by atoms with Gasteiger partial charge in [-0.05, 0) is 17.9 Å². The molecule has 0 unspecified atom stereocenters. The van der Waals surface area contributed by atoms with Crippen LogP contribution in [0.25, 0.3) is 0 Å². The first-order chi connectivity index (χ1) is 13.1. The summed E-state index contributed by atoms with van der Waals surface area (Å²) in [6.45, 7) is 3.54. The van der Waals surface area contributed by atoms with E-state index in [2.05, 4.69) is 5.32 Å². The van der Waals surface area contributed by atoms with E-state index >= 15 is 0 Å². The third-order valence-corrected chi connectivity index (χ3v) is 5.04. The molecular weight excluding hydrogens is 397 g/mol. The Morgan fingerprint density at radius 2 is 1.96 bits per heavy atom. The number of hydrogen-bond acceptors (Lipinski definition) is 4. The highest BCUT2D eigenvalue weighted by molar-refractivity contribution is 6.18. The van der Waals surface area contributed by atoms with Crippen LogP contribution >= 0.6 is 11.6 Å². The van der Waals surface area contributed by atoms with E-state index in [4.69, 9.17) is 16.3 Å². The summed E-state index contributed by atoms with van der Waals surface area (Å²) in [5.41, 5.74) is 0.830. The van der Waals surface area contributed by atoms with Gasteiger partial charge in [-0.1, -0.05) is 44.2 Å². The molecule has 1 saturated heterocycles. The van der Waals surface area contributed by atoms with Crippen molar-refractivity contribution in [1.82, 2.24) is 10.2 Å². The molecule has 3 atom stereocenters. The molecule has 28 heavy (non-hydrogen) atoms. The lowest BCUT2D eigenvalue weighted by Gasteiger charge is -2.29. The van der Waals surface area contributed by atoms with E-state index in [0.29, 0.717) is 0 Å². The van der Waals surface area contributed by atoms with Crippen LogP contribution in [-0.4, -0.2) is 53.7 Å². The minimum Gasteiger partial charge on any atom is -0.447 e.